The summed E-state index contributed by atoms with van der Waals surface area (Å²) in [5.41, 5.74) is 2.84. The second kappa shape index (κ2) is 7.04. The van der Waals surface area contributed by atoms with E-state index in [1.54, 1.807) is 11.1 Å². The van der Waals surface area contributed by atoms with Crippen LogP contribution in [0.4, 0.5) is 10.5 Å². The van der Waals surface area contributed by atoms with Crippen molar-refractivity contribution in [3.63, 3.8) is 0 Å². The molecule has 5 heteroatoms. The molecular formula is C21H21N3O2. The molecule has 1 aliphatic heterocycles. The highest BCUT2D eigenvalue weighted by atomic mass is 16.5. The summed E-state index contributed by atoms with van der Waals surface area (Å²) in [6.45, 7) is 3.28. The lowest BCUT2D eigenvalue weighted by Gasteiger charge is -2.18. The zero-order chi connectivity index (χ0) is 17.9. The number of anilines is 1. The lowest BCUT2D eigenvalue weighted by molar-refractivity contribution is 0.196. The van der Waals surface area contributed by atoms with E-state index in [0.717, 1.165) is 28.8 Å². The first-order chi connectivity index (χ1) is 12.7. The molecule has 2 heterocycles. The number of ether oxygens (including phenoxy) is 1. The predicted octanol–water partition coefficient (Wildman–Crippen LogP) is 4.23. The van der Waals surface area contributed by atoms with Gasteiger partial charge in [0.2, 0.25) is 0 Å². The number of para-hydroxylation sites is 1. The van der Waals surface area contributed by atoms with Crippen LogP contribution in [0.1, 0.15) is 12.0 Å². The summed E-state index contributed by atoms with van der Waals surface area (Å²) in [6, 6.07) is 17.6. The van der Waals surface area contributed by atoms with Crippen molar-refractivity contribution < 1.29 is 9.53 Å². The van der Waals surface area contributed by atoms with Gasteiger partial charge in [-0.3, -0.25) is 4.98 Å². The topological polar surface area (TPSA) is 54.5 Å². The van der Waals surface area contributed by atoms with Gasteiger partial charge >= 0.3 is 6.03 Å². The second-order valence-corrected chi connectivity index (χ2v) is 6.60. The molecular weight excluding hydrogens is 326 g/mol. The number of nitrogens with one attached hydrogen (secondary N) is 1. The minimum absolute atomic E-state index is 0.0219. The maximum Gasteiger partial charge on any atom is 0.321 e. The fourth-order valence-electron chi connectivity index (χ4n) is 3.20. The summed E-state index contributed by atoms with van der Waals surface area (Å²) in [5.74, 6) is 0.772. The van der Waals surface area contributed by atoms with Gasteiger partial charge in [-0.15, -0.1) is 0 Å². The largest absolute Gasteiger partial charge is 0.486 e. The highest BCUT2D eigenvalue weighted by molar-refractivity contribution is 5.89. The summed E-state index contributed by atoms with van der Waals surface area (Å²) < 4.78 is 6.15. The third-order valence-corrected chi connectivity index (χ3v) is 4.62. The van der Waals surface area contributed by atoms with E-state index >= 15 is 0 Å². The van der Waals surface area contributed by atoms with Gasteiger partial charge in [0.1, 0.15) is 17.4 Å². The Morgan fingerprint density at radius 1 is 1.15 bits per heavy atom. The van der Waals surface area contributed by atoms with E-state index in [0.29, 0.717) is 13.1 Å². The highest BCUT2D eigenvalue weighted by Gasteiger charge is 2.28. The maximum atomic E-state index is 12.5. The summed E-state index contributed by atoms with van der Waals surface area (Å²) in [4.78, 5) is 18.7. The summed E-state index contributed by atoms with van der Waals surface area (Å²) in [5, 5.41) is 4.00. The predicted molar refractivity (Wildman–Crippen MR) is 103 cm³/mol. The molecule has 0 spiro atoms. The number of carbonyl (C=O) groups is 1. The van der Waals surface area contributed by atoms with Crippen LogP contribution < -0.4 is 10.1 Å². The van der Waals surface area contributed by atoms with Crippen molar-refractivity contribution in [3.05, 3.63) is 66.4 Å². The van der Waals surface area contributed by atoms with E-state index < -0.39 is 0 Å². The lowest BCUT2D eigenvalue weighted by Crippen LogP contribution is -2.34. The van der Waals surface area contributed by atoms with Crippen LogP contribution in [-0.2, 0) is 0 Å². The van der Waals surface area contributed by atoms with Gasteiger partial charge in [-0.05, 0) is 31.2 Å². The molecule has 1 aromatic heterocycles. The van der Waals surface area contributed by atoms with Gasteiger partial charge in [-0.1, -0.05) is 35.9 Å². The van der Waals surface area contributed by atoms with E-state index in [4.69, 9.17) is 4.74 Å². The molecule has 132 valence electrons. The molecule has 1 saturated heterocycles. The van der Waals surface area contributed by atoms with Gasteiger partial charge in [0.05, 0.1) is 6.54 Å². The quantitative estimate of drug-likeness (QED) is 0.771. The molecule has 0 bridgehead atoms. The SMILES string of the molecule is Cc1ccc(NC(=O)N2CCC(Oc3cccc4cccnc34)C2)cc1. The normalized spacial score (nSPS) is 16.7. The Kier molecular flexibility index (Phi) is 4.44. The first-order valence-corrected chi connectivity index (χ1v) is 8.82. The van der Waals surface area contributed by atoms with Crippen molar-refractivity contribution >= 4 is 22.6 Å². The average molecular weight is 347 g/mol. The third-order valence-electron chi connectivity index (χ3n) is 4.62. The number of likely N-dealkylation sites (tertiary alicyclic amines) is 1. The molecule has 4 rings (SSSR count). The van der Waals surface area contributed by atoms with Gasteiger partial charge < -0.3 is 15.0 Å². The van der Waals surface area contributed by atoms with E-state index in [1.807, 2.05) is 61.5 Å². The van der Waals surface area contributed by atoms with Crippen LogP contribution in [0.3, 0.4) is 0 Å². The van der Waals surface area contributed by atoms with E-state index in [2.05, 4.69) is 10.3 Å². The Morgan fingerprint density at radius 3 is 2.81 bits per heavy atom. The number of hydrogen-bond donors (Lipinski definition) is 1. The summed E-state index contributed by atoms with van der Waals surface area (Å²) in [7, 11) is 0. The van der Waals surface area contributed by atoms with E-state index in [1.165, 1.54) is 5.56 Å². The molecule has 2 aromatic carbocycles. The van der Waals surface area contributed by atoms with Crippen LogP contribution in [0.15, 0.2) is 60.8 Å². The number of hydrogen-bond acceptors (Lipinski definition) is 3. The molecule has 2 amide bonds. The van der Waals surface area contributed by atoms with Gasteiger partial charge in [0.15, 0.2) is 0 Å². The Bertz CT molecular complexity index is 919. The monoisotopic (exact) mass is 347 g/mol. The van der Waals surface area contributed by atoms with Gasteiger partial charge in [0.25, 0.3) is 0 Å². The number of nitrogens with zero attached hydrogens (tertiary/aromatic N) is 2. The fraction of sp³-hybridized carbons (Fsp3) is 0.238. The van der Waals surface area contributed by atoms with Gasteiger partial charge in [0, 0.05) is 30.2 Å². The number of benzene rings is 2. The molecule has 1 N–H and O–H groups in total. The first kappa shape index (κ1) is 16.4. The lowest BCUT2D eigenvalue weighted by atomic mass is 10.2. The number of aromatic nitrogens is 1. The summed E-state index contributed by atoms with van der Waals surface area (Å²) in [6.07, 6.45) is 2.56. The molecule has 3 aromatic rings. The van der Waals surface area contributed by atoms with Crippen molar-refractivity contribution in [2.45, 2.75) is 19.4 Å². The van der Waals surface area contributed by atoms with Gasteiger partial charge in [-0.25, -0.2) is 4.79 Å². The van der Waals surface area contributed by atoms with Crippen LogP contribution in [0, 0.1) is 6.92 Å². The zero-order valence-corrected chi connectivity index (χ0v) is 14.7. The summed E-state index contributed by atoms with van der Waals surface area (Å²) >= 11 is 0. The fourth-order valence-corrected chi connectivity index (χ4v) is 3.20. The molecule has 1 aliphatic rings. The molecule has 0 aliphatic carbocycles. The zero-order valence-electron chi connectivity index (χ0n) is 14.7. The van der Waals surface area contributed by atoms with Crippen molar-refractivity contribution in [2.75, 3.05) is 18.4 Å². The van der Waals surface area contributed by atoms with Crippen LogP contribution >= 0.6 is 0 Å². The minimum Gasteiger partial charge on any atom is -0.486 e. The van der Waals surface area contributed by atoms with Crippen LogP contribution in [0.25, 0.3) is 10.9 Å². The third kappa shape index (κ3) is 3.47. The average Bonchev–Trinajstić information content (AvgIpc) is 3.13. The molecule has 1 fully saturated rings. The molecule has 1 atom stereocenters. The van der Waals surface area contributed by atoms with E-state index in [9.17, 15) is 4.79 Å². The number of urea groups is 1. The maximum absolute atomic E-state index is 12.5. The molecule has 1 unspecified atom stereocenters. The second-order valence-electron chi connectivity index (χ2n) is 6.60. The number of pyridine rings is 1. The van der Waals surface area contributed by atoms with Crippen molar-refractivity contribution in [3.8, 4) is 5.75 Å². The number of aryl methyl sites for hydroxylation is 1. The number of fused-ring (bicyclic) bond motifs is 1. The number of rotatable bonds is 3. The Morgan fingerprint density at radius 2 is 1.96 bits per heavy atom. The Labute approximate surface area is 152 Å². The molecule has 0 radical (unpaired) electrons. The number of carbonyl (C=O) groups excluding carboxylic acids is 1. The Balaban J connectivity index is 1.40. The van der Waals surface area contributed by atoms with Crippen LogP contribution in [0.5, 0.6) is 5.75 Å². The van der Waals surface area contributed by atoms with Crippen molar-refractivity contribution in [1.29, 1.82) is 0 Å². The smallest absolute Gasteiger partial charge is 0.321 e. The first-order valence-electron chi connectivity index (χ1n) is 8.82. The van der Waals surface area contributed by atoms with E-state index in [-0.39, 0.29) is 12.1 Å². The molecule has 5 nitrogen and oxygen atoms in total. The van der Waals surface area contributed by atoms with Crippen molar-refractivity contribution in [1.82, 2.24) is 9.88 Å². The number of amides is 2. The standard InChI is InChI=1S/C21H21N3O2/c1-15-7-9-17(10-8-15)23-21(25)24-13-11-18(14-24)26-19-6-2-4-16-5-3-12-22-20(16)19/h2-10,12,18H,11,13-14H2,1H3,(H,23,25). The minimum atomic E-state index is -0.0870. The van der Waals surface area contributed by atoms with Crippen molar-refractivity contribution in [2.24, 2.45) is 0 Å². The Hall–Kier alpha value is -3.08. The van der Waals surface area contributed by atoms with Crippen LogP contribution in [0.2, 0.25) is 0 Å². The van der Waals surface area contributed by atoms with Crippen LogP contribution in [-0.4, -0.2) is 35.1 Å². The van der Waals surface area contributed by atoms with Gasteiger partial charge in [-0.2, -0.15) is 0 Å². The molecule has 26 heavy (non-hydrogen) atoms. The molecule has 0 saturated carbocycles. The highest BCUT2D eigenvalue weighted by Crippen LogP contribution is 2.26.